The van der Waals surface area contributed by atoms with E-state index in [9.17, 15) is 0 Å². The third kappa shape index (κ3) is 1.99. The number of imidazole rings is 1. The predicted octanol–water partition coefficient (Wildman–Crippen LogP) is 3.61. The van der Waals surface area contributed by atoms with Crippen LogP contribution in [0.2, 0.25) is 0 Å². The largest absolute Gasteiger partial charge is 0.326 e. The number of fused-ring (bicyclic) bond motifs is 1. The Kier molecular flexibility index (Phi) is 2.29. The van der Waals surface area contributed by atoms with Crippen LogP contribution < -0.4 is 5.32 Å². The molecule has 17 heavy (non-hydrogen) atoms. The van der Waals surface area contributed by atoms with Gasteiger partial charge < -0.3 is 10.3 Å². The van der Waals surface area contributed by atoms with Crippen LogP contribution in [0.25, 0.3) is 11.0 Å². The standard InChI is InChI=1S/C14H13N3/c1-10-7-8-12-13(9-10)17-14(16-12)15-11-5-3-2-4-6-11/h2-9H,1H3,(H2,15,16,17). The minimum Gasteiger partial charge on any atom is -0.326 e. The third-order valence-electron chi connectivity index (χ3n) is 2.67. The molecule has 0 unspecified atom stereocenters. The lowest BCUT2D eigenvalue weighted by Gasteiger charge is -2.00. The van der Waals surface area contributed by atoms with Gasteiger partial charge >= 0.3 is 0 Å². The predicted molar refractivity (Wildman–Crippen MR) is 70.6 cm³/mol. The first-order valence-electron chi connectivity index (χ1n) is 5.60. The molecule has 2 aromatic carbocycles. The van der Waals surface area contributed by atoms with Crippen molar-refractivity contribution in [3.63, 3.8) is 0 Å². The molecule has 0 bridgehead atoms. The van der Waals surface area contributed by atoms with Crippen LogP contribution in [0.5, 0.6) is 0 Å². The van der Waals surface area contributed by atoms with Gasteiger partial charge in [-0.05, 0) is 36.8 Å². The molecule has 3 aromatic rings. The van der Waals surface area contributed by atoms with E-state index >= 15 is 0 Å². The van der Waals surface area contributed by atoms with Gasteiger partial charge in [-0.2, -0.15) is 0 Å². The Bertz CT molecular complexity index is 641. The van der Waals surface area contributed by atoms with Gasteiger partial charge in [0.25, 0.3) is 0 Å². The summed E-state index contributed by atoms with van der Waals surface area (Å²) in [5.74, 6) is 0.775. The Morgan fingerprint density at radius 1 is 1.06 bits per heavy atom. The van der Waals surface area contributed by atoms with Gasteiger partial charge in [-0.1, -0.05) is 24.3 Å². The summed E-state index contributed by atoms with van der Waals surface area (Å²) < 4.78 is 0. The van der Waals surface area contributed by atoms with Crippen LogP contribution >= 0.6 is 0 Å². The van der Waals surface area contributed by atoms with Crippen molar-refractivity contribution < 1.29 is 0 Å². The smallest absolute Gasteiger partial charge is 0.205 e. The minimum absolute atomic E-state index is 0.775. The lowest BCUT2D eigenvalue weighted by molar-refractivity contribution is 1.31. The van der Waals surface area contributed by atoms with Crippen molar-refractivity contribution in [1.29, 1.82) is 0 Å². The van der Waals surface area contributed by atoms with Gasteiger partial charge in [-0.15, -0.1) is 0 Å². The van der Waals surface area contributed by atoms with Gasteiger partial charge in [0.2, 0.25) is 5.95 Å². The zero-order chi connectivity index (χ0) is 11.7. The zero-order valence-electron chi connectivity index (χ0n) is 9.57. The molecule has 0 aliphatic heterocycles. The fourth-order valence-corrected chi connectivity index (χ4v) is 1.84. The van der Waals surface area contributed by atoms with Crippen LogP contribution in [-0.4, -0.2) is 9.97 Å². The van der Waals surface area contributed by atoms with Crippen LogP contribution in [-0.2, 0) is 0 Å². The van der Waals surface area contributed by atoms with Crippen LogP contribution in [0.15, 0.2) is 48.5 Å². The topological polar surface area (TPSA) is 40.7 Å². The number of nitrogens with zero attached hydrogens (tertiary/aromatic N) is 1. The number of rotatable bonds is 2. The Morgan fingerprint density at radius 2 is 1.88 bits per heavy atom. The van der Waals surface area contributed by atoms with Crippen molar-refractivity contribution in [2.24, 2.45) is 0 Å². The molecule has 0 saturated carbocycles. The number of aromatic amines is 1. The summed E-state index contributed by atoms with van der Waals surface area (Å²) in [6.07, 6.45) is 0. The molecular weight excluding hydrogens is 210 g/mol. The first-order chi connectivity index (χ1) is 8.31. The summed E-state index contributed by atoms with van der Waals surface area (Å²) >= 11 is 0. The highest BCUT2D eigenvalue weighted by atomic mass is 15.1. The molecule has 0 amide bonds. The van der Waals surface area contributed by atoms with E-state index in [1.165, 1.54) is 5.56 Å². The molecule has 0 aliphatic carbocycles. The van der Waals surface area contributed by atoms with E-state index in [1.54, 1.807) is 0 Å². The van der Waals surface area contributed by atoms with Crippen molar-refractivity contribution in [2.45, 2.75) is 6.92 Å². The third-order valence-corrected chi connectivity index (χ3v) is 2.67. The van der Waals surface area contributed by atoms with E-state index in [0.29, 0.717) is 0 Å². The van der Waals surface area contributed by atoms with Gasteiger partial charge in [0.1, 0.15) is 0 Å². The number of hydrogen-bond donors (Lipinski definition) is 2. The first kappa shape index (κ1) is 9.90. The van der Waals surface area contributed by atoms with Crippen LogP contribution in [0.1, 0.15) is 5.56 Å². The van der Waals surface area contributed by atoms with Crippen molar-refractivity contribution in [2.75, 3.05) is 5.32 Å². The summed E-state index contributed by atoms with van der Waals surface area (Å²) in [5, 5.41) is 3.25. The number of benzene rings is 2. The molecular formula is C14H13N3. The molecule has 0 atom stereocenters. The highest BCUT2D eigenvalue weighted by molar-refractivity contribution is 5.79. The summed E-state index contributed by atoms with van der Waals surface area (Å²) in [5.41, 5.74) is 4.30. The Labute approximate surface area is 99.5 Å². The van der Waals surface area contributed by atoms with Crippen molar-refractivity contribution in [3.05, 3.63) is 54.1 Å². The maximum atomic E-state index is 4.48. The van der Waals surface area contributed by atoms with Gasteiger partial charge in [-0.3, -0.25) is 0 Å². The molecule has 1 aromatic heterocycles. The maximum absolute atomic E-state index is 4.48. The van der Waals surface area contributed by atoms with E-state index in [2.05, 4.69) is 34.3 Å². The number of hydrogen-bond acceptors (Lipinski definition) is 2. The Balaban J connectivity index is 1.96. The Morgan fingerprint density at radius 3 is 2.71 bits per heavy atom. The summed E-state index contributed by atoms with van der Waals surface area (Å²) in [6, 6.07) is 16.2. The monoisotopic (exact) mass is 223 g/mol. The zero-order valence-corrected chi connectivity index (χ0v) is 9.57. The van der Waals surface area contributed by atoms with Gasteiger partial charge in [0.05, 0.1) is 11.0 Å². The fourth-order valence-electron chi connectivity index (χ4n) is 1.84. The molecule has 84 valence electrons. The van der Waals surface area contributed by atoms with Crippen molar-refractivity contribution in [1.82, 2.24) is 9.97 Å². The molecule has 3 nitrogen and oxygen atoms in total. The molecule has 1 heterocycles. The maximum Gasteiger partial charge on any atom is 0.205 e. The lowest BCUT2D eigenvalue weighted by atomic mass is 10.2. The van der Waals surface area contributed by atoms with E-state index in [1.807, 2.05) is 36.4 Å². The molecule has 0 fully saturated rings. The molecule has 2 N–H and O–H groups in total. The van der Waals surface area contributed by atoms with Crippen LogP contribution in [0.4, 0.5) is 11.6 Å². The number of nitrogens with one attached hydrogen (secondary N) is 2. The lowest BCUT2D eigenvalue weighted by Crippen LogP contribution is -1.90. The minimum atomic E-state index is 0.775. The molecule has 0 saturated heterocycles. The van der Waals surface area contributed by atoms with Gasteiger partial charge in [0.15, 0.2) is 0 Å². The molecule has 3 heteroatoms. The highest BCUT2D eigenvalue weighted by Crippen LogP contribution is 2.18. The normalized spacial score (nSPS) is 10.6. The average molecular weight is 223 g/mol. The summed E-state index contributed by atoms with van der Waals surface area (Å²) in [6.45, 7) is 2.07. The highest BCUT2D eigenvalue weighted by Gasteiger charge is 2.02. The Hall–Kier alpha value is -2.29. The fraction of sp³-hybridized carbons (Fsp3) is 0.0714. The quantitative estimate of drug-likeness (QED) is 0.696. The summed E-state index contributed by atoms with van der Waals surface area (Å²) in [4.78, 5) is 7.75. The van der Waals surface area contributed by atoms with E-state index in [-0.39, 0.29) is 0 Å². The van der Waals surface area contributed by atoms with Crippen molar-refractivity contribution in [3.8, 4) is 0 Å². The second-order valence-corrected chi connectivity index (χ2v) is 4.10. The van der Waals surface area contributed by atoms with Gasteiger partial charge in [0, 0.05) is 5.69 Å². The van der Waals surface area contributed by atoms with E-state index in [0.717, 1.165) is 22.7 Å². The molecule has 3 rings (SSSR count). The van der Waals surface area contributed by atoms with E-state index < -0.39 is 0 Å². The van der Waals surface area contributed by atoms with Gasteiger partial charge in [-0.25, -0.2) is 4.98 Å². The number of aryl methyl sites for hydroxylation is 1. The number of H-pyrrole nitrogens is 1. The van der Waals surface area contributed by atoms with Crippen molar-refractivity contribution >= 4 is 22.7 Å². The SMILES string of the molecule is Cc1ccc2nc(Nc3ccccc3)[nH]c2c1. The first-order valence-corrected chi connectivity index (χ1v) is 5.60. The number of para-hydroxylation sites is 1. The molecule has 0 spiro atoms. The average Bonchev–Trinajstić information content (AvgIpc) is 2.71. The van der Waals surface area contributed by atoms with Crippen LogP contribution in [0.3, 0.4) is 0 Å². The number of aromatic nitrogens is 2. The molecule has 0 aliphatic rings. The van der Waals surface area contributed by atoms with Crippen LogP contribution in [0, 0.1) is 6.92 Å². The second-order valence-electron chi connectivity index (χ2n) is 4.10. The second kappa shape index (κ2) is 3.94. The summed E-state index contributed by atoms with van der Waals surface area (Å²) in [7, 11) is 0. The van der Waals surface area contributed by atoms with E-state index in [4.69, 9.17) is 0 Å². The number of anilines is 2. The molecule has 0 radical (unpaired) electrons.